The van der Waals surface area contributed by atoms with Crippen molar-refractivity contribution < 1.29 is 17.9 Å². The van der Waals surface area contributed by atoms with E-state index in [1.807, 2.05) is 0 Å². The Hall–Kier alpha value is -1.75. The van der Waals surface area contributed by atoms with Crippen LogP contribution in [0.15, 0.2) is 36.5 Å². The SMILES string of the molecule is Cc1cnc(OCC(F)(F)F)c(-c2cccc(Cl)c2)c1. The van der Waals surface area contributed by atoms with Gasteiger partial charge in [0.05, 0.1) is 0 Å². The maximum Gasteiger partial charge on any atom is 0.422 e. The third-order valence-electron chi connectivity index (χ3n) is 2.50. The molecule has 2 nitrogen and oxygen atoms in total. The molecule has 0 saturated carbocycles. The first kappa shape index (κ1) is 14.7. The molecule has 0 fully saturated rings. The highest BCUT2D eigenvalue weighted by atomic mass is 35.5. The summed E-state index contributed by atoms with van der Waals surface area (Å²) in [6.45, 7) is 0.422. The first-order valence-corrected chi connectivity index (χ1v) is 6.15. The van der Waals surface area contributed by atoms with Crippen LogP contribution in [0.5, 0.6) is 5.88 Å². The van der Waals surface area contributed by atoms with Gasteiger partial charge >= 0.3 is 6.18 Å². The summed E-state index contributed by atoms with van der Waals surface area (Å²) in [6, 6.07) is 8.50. The lowest BCUT2D eigenvalue weighted by Gasteiger charge is -2.13. The molecule has 0 amide bonds. The smallest absolute Gasteiger partial charge is 0.422 e. The normalized spacial score (nSPS) is 11.4. The van der Waals surface area contributed by atoms with Gasteiger partial charge in [-0.1, -0.05) is 23.7 Å². The van der Waals surface area contributed by atoms with Crippen LogP contribution in [-0.4, -0.2) is 17.8 Å². The van der Waals surface area contributed by atoms with E-state index in [1.54, 1.807) is 37.3 Å². The van der Waals surface area contributed by atoms with Crippen molar-refractivity contribution in [3.63, 3.8) is 0 Å². The zero-order chi connectivity index (χ0) is 14.8. The van der Waals surface area contributed by atoms with E-state index in [9.17, 15) is 13.2 Å². The molecule has 0 aliphatic rings. The minimum absolute atomic E-state index is 0.0600. The van der Waals surface area contributed by atoms with Gasteiger partial charge in [-0.25, -0.2) is 4.98 Å². The lowest BCUT2D eigenvalue weighted by atomic mass is 10.1. The van der Waals surface area contributed by atoms with Gasteiger partial charge < -0.3 is 4.74 Å². The molecule has 1 aromatic heterocycles. The zero-order valence-electron chi connectivity index (χ0n) is 10.5. The second-order valence-electron chi connectivity index (χ2n) is 4.28. The number of alkyl halides is 3. The lowest BCUT2D eigenvalue weighted by molar-refractivity contribution is -0.154. The number of hydrogen-bond donors (Lipinski definition) is 0. The van der Waals surface area contributed by atoms with Crippen LogP contribution in [0.25, 0.3) is 11.1 Å². The Kier molecular flexibility index (Phi) is 4.18. The molecular formula is C14H11ClF3NO. The van der Waals surface area contributed by atoms with Gasteiger partial charge in [-0.3, -0.25) is 0 Å². The van der Waals surface area contributed by atoms with Crippen molar-refractivity contribution in [2.45, 2.75) is 13.1 Å². The van der Waals surface area contributed by atoms with Gasteiger partial charge in [0.1, 0.15) is 0 Å². The van der Waals surface area contributed by atoms with Crippen LogP contribution < -0.4 is 4.74 Å². The van der Waals surface area contributed by atoms with Crippen LogP contribution in [-0.2, 0) is 0 Å². The Labute approximate surface area is 119 Å². The van der Waals surface area contributed by atoms with Crippen LogP contribution >= 0.6 is 11.6 Å². The van der Waals surface area contributed by atoms with Gasteiger partial charge in [0, 0.05) is 16.8 Å². The average Bonchev–Trinajstić information content (AvgIpc) is 2.36. The van der Waals surface area contributed by atoms with Gasteiger partial charge in [-0.15, -0.1) is 0 Å². The molecule has 0 spiro atoms. The number of halogens is 4. The molecular weight excluding hydrogens is 291 g/mol. The maximum absolute atomic E-state index is 12.2. The summed E-state index contributed by atoms with van der Waals surface area (Å²) in [7, 11) is 0. The third-order valence-corrected chi connectivity index (χ3v) is 2.73. The summed E-state index contributed by atoms with van der Waals surface area (Å²) >= 11 is 5.90. The summed E-state index contributed by atoms with van der Waals surface area (Å²) in [6.07, 6.45) is -2.95. The predicted molar refractivity (Wildman–Crippen MR) is 71.0 cm³/mol. The minimum atomic E-state index is -4.40. The number of benzene rings is 1. The van der Waals surface area contributed by atoms with Crippen molar-refractivity contribution in [3.05, 3.63) is 47.1 Å². The highest BCUT2D eigenvalue weighted by Crippen LogP contribution is 2.31. The molecule has 1 heterocycles. The van der Waals surface area contributed by atoms with Crippen LogP contribution in [0.3, 0.4) is 0 Å². The summed E-state index contributed by atoms with van der Waals surface area (Å²) in [5, 5.41) is 0.491. The van der Waals surface area contributed by atoms with E-state index in [0.29, 0.717) is 16.1 Å². The number of nitrogens with zero attached hydrogens (tertiary/aromatic N) is 1. The second kappa shape index (κ2) is 5.71. The fraction of sp³-hybridized carbons (Fsp3) is 0.214. The number of hydrogen-bond acceptors (Lipinski definition) is 2. The van der Waals surface area contributed by atoms with Gasteiger partial charge in [0.2, 0.25) is 5.88 Å². The number of ether oxygens (including phenoxy) is 1. The van der Waals surface area contributed by atoms with E-state index in [2.05, 4.69) is 4.98 Å². The van der Waals surface area contributed by atoms with E-state index >= 15 is 0 Å². The Bertz CT molecular complexity index is 614. The molecule has 0 radical (unpaired) electrons. The largest absolute Gasteiger partial charge is 0.468 e. The van der Waals surface area contributed by atoms with Crippen molar-refractivity contribution in [1.29, 1.82) is 0 Å². The third kappa shape index (κ3) is 3.87. The topological polar surface area (TPSA) is 22.1 Å². The summed E-state index contributed by atoms with van der Waals surface area (Å²) in [4.78, 5) is 3.92. The fourth-order valence-corrected chi connectivity index (χ4v) is 1.87. The molecule has 2 aromatic rings. The summed E-state index contributed by atoms with van der Waals surface area (Å²) in [5.74, 6) is -0.0600. The second-order valence-corrected chi connectivity index (χ2v) is 4.72. The molecule has 0 atom stereocenters. The number of aromatic nitrogens is 1. The van der Waals surface area contributed by atoms with Gasteiger partial charge in [-0.05, 0) is 36.2 Å². The first-order valence-electron chi connectivity index (χ1n) is 5.77. The van der Waals surface area contributed by atoms with Gasteiger partial charge in [0.25, 0.3) is 0 Å². The van der Waals surface area contributed by atoms with Crippen LogP contribution in [0.4, 0.5) is 13.2 Å². The fourth-order valence-electron chi connectivity index (χ4n) is 1.68. The van der Waals surface area contributed by atoms with E-state index in [1.165, 1.54) is 6.20 Å². The van der Waals surface area contributed by atoms with Crippen molar-refractivity contribution in [2.24, 2.45) is 0 Å². The van der Waals surface area contributed by atoms with E-state index in [-0.39, 0.29) is 5.88 Å². The highest BCUT2D eigenvalue weighted by molar-refractivity contribution is 6.30. The molecule has 6 heteroatoms. The molecule has 20 heavy (non-hydrogen) atoms. The van der Waals surface area contributed by atoms with Crippen molar-refractivity contribution in [2.75, 3.05) is 6.61 Å². The first-order chi connectivity index (χ1) is 9.35. The lowest BCUT2D eigenvalue weighted by Crippen LogP contribution is -2.20. The maximum atomic E-state index is 12.2. The molecule has 0 bridgehead atoms. The number of aryl methyl sites for hydroxylation is 1. The summed E-state index contributed by atoms with van der Waals surface area (Å²) < 4.78 is 41.5. The van der Waals surface area contributed by atoms with Crippen LogP contribution in [0.1, 0.15) is 5.56 Å². The monoisotopic (exact) mass is 301 g/mol. The van der Waals surface area contributed by atoms with Crippen molar-refractivity contribution in [1.82, 2.24) is 4.98 Å². The molecule has 0 unspecified atom stereocenters. The highest BCUT2D eigenvalue weighted by Gasteiger charge is 2.29. The van der Waals surface area contributed by atoms with Crippen LogP contribution in [0, 0.1) is 6.92 Å². The van der Waals surface area contributed by atoms with E-state index < -0.39 is 12.8 Å². The molecule has 106 valence electrons. The standard InChI is InChI=1S/C14H11ClF3NO/c1-9-5-12(10-3-2-4-11(15)6-10)13(19-7-9)20-8-14(16,17)18/h2-7H,8H2,1H3. The Morgan fingerprint density at radius 1 is 1.25 bits per heavy atom. The van der Waals surface area contributed by atoms with Gasteiger partial charge in [-0.2, -0.15) is 13.2 Å². The Balaban J connectivity index is 2.38. The zero-order valence-corrected chi connectivity index (χ0v) is 11.3. The predicted octanol–water partition coefficient (Wildman–Crippen LogP) is 4.65. The van der Waals surface area contributed by atoms with Crippen molar-refractivity contribution >= 4 is 11.6 Å². The molecule has 0 aliphatic heterocycles. The molecule has 0 N–H and O–H groups in total. The number of rotatable bonds is 3. The minimum Gasteiger partial charge on any atom is -0.468 e. The van der Waals surface area contributed by atoms with Crippen LogP contribution in [0.2, 0.25) is 5.02 Å². The molecule has 2 rings (SSSR count). The summed E-state index contributed by atoms with van der Waals surface area (Å²) in [5.41, 5.74) is 1.96. The Morgan fingerprint density at radius 3 is 2.65 bits per heavy atom. The molecule has 0 saturated heterocycles. The van der Waals surface area contributed by atoms with Crippen molar-refractivity contribution in [3.8, 4) is 17.0 Å². The quantitative estimate of drug-likeness (QED) is 0.823. The molecule has 0 aliphatic carbocycles. The Morgan fingerprint density at radius 2 is 2.00 bits per heavy atom. The average molecular weight is 302 g/mol. The van der Waals surface area contributed by atoms with E-state index in [4.69, 9.17) is 16.3 Å². The number of pyridine rings is 1. The van der Waals surface area contributed by atoms with E-state index in [0.717, 1.165) is 5.56 Å². The molecule has 1 aromatic carbocycles. The van der Waals surface area contributed by atoms with Gasteiger partial charge in [0.15, 0.2) is 6.61 Å².